The molecule has 1 aliphatic rings. The average molecular weight is 506 g/mol. The van der Waals surface area contributed by atoms with E-state index in [-0.39, 0.29) is 4.90 Å². The molecule has 0 aliphatic carbocycles. The van der Waals surface area contributed by atoms with Gasteiger partial charge < -0.3 is 23.8 Å². The van der Waals surface area contributed by atoms with Crippen LogP contribution in [0.25, 0.3) is 11.3 Å². The number of rotatable bonds is 8. The lowest BCUT2D eigenvalue weighted by atomic mass is 10.1. The molecule has 0 spiro atoms. The van der Waals surface area contributed by atoms with Crippen LogP contribution in [0.5, 0.6) is 23.0 Å². The van der Waals surface area contributed by atoms with E-state index in [9.17, 15) is 8.42 Å². The molecule has 2 aromatic carbocycles. The highest BCUT2D eigenvalue weighted by Crippen LogP contribution is 2.35. The number of anilines is 1. The van der Waals surface area contributed by atoms with E-state index in [4.69, 9.17) is 23.9 Å². The highest BCUT2D eigenvalue weighted by atomic mass is 32.2. The molecule has 0 N–H and O–H groups in total. The molecule has 182 valence electrons. The monoisotopic (exact) mass is 505 g/mol. The number of methoxy groups -OCH3 is 4. The highest BCUT2D eigenvalue weighted by Gasteiger charge is 2.30. The Labute approximate surface area is 203 Å². The Morgan fingerprint density at radius 1 is 0.794 bits per heavy atom. The average Bonchev–Trinajstić information content (AvgIpc) is 3.38. The summed E-state index contributed by atoms with van der Waals surface area (Å²) >= 11 is 1.53. The lowest BCUT2D eigenvalue weighted by Crippen LogP contribution is -2.48. The molecule has 4 rings (SSSR count). The Hall–Kier alpha value is -3.02. The molecule has 0 bridgehead atoms. The lowest BCUT2D eigenvalue weighted by molar-refractivity contribution is 0.353. The number of hydrogen-bond acceptors (Lipinski definition) is 9. The number of nitrogens with zero attached hydrogens (tertiary/aromatic N) is 3. The van der Waals surface area contributed by atoms with Crippen molar-refractivity contribution in [3.8, 4) is 34.3 Å². The van der Waals surface area contributed by atoms with Crippen molar-refractivity contribution in [1.29, 1.82) is 0 Å². The van der Waals surface area contributed by atoms with Crippen molar-refractivity contribution in [1.82, 2.24) is 9.29 Å². The number of sulfonamides is 1. The molecule has 0 amide bonds. The molecular weight excluding hydrogens is 478 g/mol. The van der Waals surface area contributed by atoms with Gasteiger partial charge in [0.2, 0.25) is 10.0 Å². The van der Waals surface area contributed by atoms with Crippen LogP contribution in [0.3, 0.4) is 0 Å². The van der Waals surface area contributed by atoms with E-state index < -0.39 is 10.0 Å². The van der Waals surface area contributed by atoms with Gasteiger partial charge in [0.15, 0.2) is 28.1 Å². The minimum Gasteiger partial charge on any atom is -0.493 e. The summed E-state index contributed by atoms with van der Waals surface area (Å²) in [4.78, 5) is 7.06. The van der Waals surface area contributed by atoms with Gasteiger partial charge >= 0.3 is 0 Å². The third kappa shape index (κ3) is 4.63. The van der Waals surface area contributed by atoms with E-state index >= 15 is 0 Å². The number of thiazole rings is 1. The second-order valence-electron chi connectivity index (χ2n) is 7.49. The van der Waals surface area contributed by atoms with Gasteiger partial charge in [-0.15, -0.1) is 11.3 Å². The molecule has 1 aliphatic heterocycles. The van der Waals surface area contributed by atoms with Crippen LogP contribution < -0.4 is 23.8 Å². The van der Waals surface area contributed by atoms with Crippen LogP contribution in [-0.4, -0.2) is 72.3 Å². The maximum Gasteiger partial charge on any atom is 0.243 e. The Kier molecular flexibility index (Phi) is 7.15. The molecule has 0 saturated carbocycles. The van der Waals surface area contributed by atoms with Crippen LogP contribution in [0, 0.1) is 0 Å². The standard InChI is InChI=1S/C23H27N3O6S2/c1-29-19-7-5-16(13-21(19)31-3)18-15-33-23(24-18)25-9-11-26(12-10-25)34(27,28)17-6-8-20(30-2)22(14-17)32-4/h5-8,13-15H,9-12H2,1-4H3. The van der Waals surface area contributed by atoms with Crippen LogP contribution >= 0.6 is 11.3 Å². The predicted molar refractivity (Wildman–Crippen MR) is 131 cm³/mol. The van der Waals surface area contributed by atoms with Crippen molar-refractivity contribution in [2.45, 2.75) is 4.90 Å². The largest absolute Gasteiger partial charge is 0.493 e. The predicted octanol–water partition coefficient (Wildman–Crippen LogP) is 3.36. The molecule has 2 heterocycles. The zero-order valence-electron chi connectivity index (χ0n) is 19.5. The van der Waals surface area contributed by atoms with Gasteiger partial charge in [-0.1, -0.05) is 0 Å². The van der Waals surface area contributed by atoms with Gasteiger partial charge in [-0.05, 0) is 30.3 Å². The van der Waals surface area contributed by atoms with Gasteiger partial charge in [0, 0.05) is 43.2 Å². The third-order valence-electron chi connectivity index (χ3n) is 5.67. The molecule has 0 atom stereocenters. The summed E-state index contributed by atoms with van der Waals surface area (Å²) in [7, 11) is 2.55. The summed E-state index contributed by atoms with van der Waals surface area (Å²) in [6.45, 7) is 1.82. The number of benzene rings is 2. The summed E-state index contributed by atoms with van der Waals surface area (Å²) in [6.07, 6.45) is 0. The molecule has 9 nitrogen and oxygen atoms in total. The van der Waals surface area contributed by atoms with Crippen LogP contribution in [0.15, 0.2) is 46.7 Å². The summed E-state index contributed by atoms with van der Waals surface area (Å²) in [6, 6.07) is 10.3. The van der Waals surface area contributed by atoms with Gasteiger partial charge in [-0.3, -0.25) is 0 Å². The van der Waals surface area contributed by atoms with E-state index in [0.717, 1.165) is 16.4 Å². The molecule has 34 heavy (non-hydrogen) atoms. The summed E-state index contributed by atoms with van der Waals surface area (Å²) < 4.78 is 49.0. The van der Waals surface area contributed by atoms with E-state index in [1.807, 2.05) is 23.6 Å². The lowest BCUT2D eigenvalue weighted by Gasteiger charge is -2.33. The van der Waals surface area contributed by atoms with Gasteiger partial charge in [-0.25, -0.2) is 13.4 Å². The van der Waals surface area contributed by atoms with E-state index in [0.29, 0.717) is 49.2 Å². The van der Waals surface area contributed by atoms with Crippen molar-refractivity contribution in [2.24, 2.45) is 0 Å². The van der Waals surface area contributed by atoms with Gasteiger partial charge in [-0.2, -0.15) is 4.31 Å². The number of piperazine rings is 1. The highest BCUT2D eigenvalue weighted by molar-refractivity contribution is 7.89. The number of ether oxygens (including phenoxy) is 4. The molecule has 0 radical (unpaired) electrons. The zero-order chi connectivity index (χ0) is 24.3. The third-order valence-corrected chi connectivity index (χ3v) is 8.47. The first-order valence-electron chi connectivity index (χ1n) is 10.6. The number of hydrogen-bond donors (Lipinski definition) is 0. The molecule has 1 fully saturated rings. The van der Waals surface area contributed by atoms with E-state index in [1.165, 1.54) is 35.9 Å². The molecule has 1 aromatic heterocycles. The van der Waals surface area contributed by atoms with Gasteiger partial charge in [0.1, 0.15) is 0 Å². The minimum atomic E-state index is -3.65. The fourth-order valence-corrected chi connectivity index (χ4v) is 6.11. The zero-order valence-corrected chi connectivity index (χ0v) is 21.1. The van der Waals surface area contributed by atoms with Crippen LogP contribution in [0.1, 0.15) is 0 Å². The number of aromatic nitrogens is 1. The summed E-state index contributed by atoms with van der Waals surface area (Å²) in [5.41, 5.74) is 1.76. The van der Waals surface area contributed by atoms with Crippen LogP contribution in [0.4, 0.5) is 5.13 Å². The summed E-state index contributed by atoms with van der Waals surface area (Å²) in [5, 5.41) is 2.84. The Bertz CT molecular complexity index is 1250. The van der Waals surface area contributed by atoms with Crippen molar-refractivity contribution in [2.75, 3.05) is 59.5 Å². The topological polar surface area (TPSA) is 90.4 Å². The van der Waals surface area contributed by atoms with Crippen LogP contribution in [0.2, 0.25) is 0 Å². The Balaban J connectivity index is 1.46. The first-order valence-corrected chi connectivity index (χ1v) is 12.9. The van der Waals surface area contributed by atoms with Crippen molar-refractivity contribution < 1.29 is 27.4 Å². The van der Waals surface area contributed by atoms with Crippen molar-refractivity contribution >= 4 is 26.5 Å². The molecule has 11 heteroatoms. The van der Waals surface area contributed by atoms with E-state index in [2.05, 4.69) is 4.90 Å². The van der Waals surface area contributed by atoms with E-state index in [1.54, 1.807) is 26.4 Å². The summed E-state index contributed by atoms with van der Waals surface area (Å²) in [5.74, 6) is 2.17. The normalized spacial score (nSPS) is 14.6. The smallest absolute Gasteiger partial charge is 0.243 e. The molecular formula is C23H27N3O6S2. The first-order chi connectivity index (χ1) is 16.4. The molecule has 0 unspecified atom stereocenters. The maximum absolute atomic E-state index is 13.2. The Morgan fingerprint density at radius 3 is 2.00 bits per heavy atom. The second-order valence-corrected chi connectivity index (χ2v) is 10.3. The quantitative estimate of drug-likeness (QED) is 0.460. The second kappa shape index (κ2) is 10.1. The minimum absolute atomic E-state index is 0.184. The Morgan fingerprint density at radius 2 is 1.38 bits per heavy atom. The fraction of sp³-hybridized carbons (Fsp3) is 0.348. The molecule has 1 saturated heterocycles. The SMILES string of the molecule is COc1ccc(-c2csc(N3CCN(S(=O)(=O)c4ccc(OC)c(OC)c4)CC3)n2)cc1OC. The van der Waals surface area contributed by atoms with Gasteiger partial charge in [0.05, 0.1) is 39.0 Å². The van der Waals surface area contributed by atoms with Crippen molar-refractivity contribution in [3.63, 3.8) is 0 Å². The van der Waals surface area contributed by atoms with Crippen molar-refractivity contribution in [3.05, 3.63) is 41.8 Å². The fourth-order valence-electron chi connectivity index (χ4n) is 3.78. The maximum atomic E-state index is 13.2. The van der Waals surface area contributed by atoms with Gasteiger partial charge in [0.25, 0.3) is 0 Å². The van der Waals surface area contributed by atoms with Crippen LogP contribution in [-0.2, 0) is 10.0 Å². The first kappa shape index (κ1) is 24.1. The molecule has 3 aromatic rings.